The monoisotopic (exact) mass is 611 g/mol. The zero-order chi connectivity index (χ0) is 31.1. The van der Waals surface area contributed by atoms with Gasteiger partial charge in [-0.2, -0.15) is 0 Å². The fraction of sp³-hybridized carbons (Fsp3) is 0.375. The van der Waals surface area contributed by atoms with Crippen LogP contribution in [0.1, 0.15) is 44.7 Å². The molecule has 0 saturated heterocycles. The van der Waals surface area contributed by atoms with Crippen LogP contribution in [0.5, 0.6) is 11.5 Å². The van der Waals surface area contributed by atoms with E-state index < -0.39 is 34.3 Å². The van der Waals surface area contributed by atoms with Crippen LogP contribution in [0.4, 0.5) is 10.1 Å². The van der Waals surface area contributed by atoms with Crippen molar-refractivity contribution in [1.82, 2.24) is 10.2 Å². The predicted octanol–water partition coefficient (Wildman–Crippen LogP) is 4.82. The molecule has 3 aromatic rings. The van der Waals surface area contributed by atoms with Crippen LogP contribution in [0.3, 0.4) is 0 Å². The Hall–Kier alpha value is -4.12. The molecule has 4 rings (SSSR count). The maximum atomic E-state index is 14.2. The molecule has 0 bridgehead atoms. The summed E-state index contributed by atoms with van der Waals surface area (Å²) in [5.41, 5.74) is 1.85. The summed E-state index contributed by atoms with van der Waals surface area (Å²) >= 11 is 0. The van der Waals surface area contributed by atoms with Gasteiger partial charge in [-0.3, -0.25) is 13.9 Å². The molecule has 43 heavy (non-hydrogen) atoms. The summed E-state index contributed by atoms with van der Waals surface area (Å²) < 4.78 is 54.2. The lowest BCUT2D eigenvalue weighted by Crippen LogP contribution is -2.53. The Morgan fingerprint density at radius 3 is 2.28 bits per heavy atom. The molecule has 1 heterocycles. The summed E-state index contributed by atoms with van der Waals surface area (Å²) in [6.45, 7) is 7.63. The van der Waals surface area contributed by atoms with Crippen LogP contribution in [-0.4, -0.2) is 57.0 Å². The fourth-order valence-corrected chi connectivity index (χ4v) is 6.21. The van der Waals surface area contributed by atoms with Crippen molar-refractivity contribution in [3.8, 4) is 11.5 Å². The van der Waals surface area contributed by atoms with Gasteiger partial charge in [0.2, 0.25) is 11.8 Å². The third-order valence-corrected chi connectivity index (χ3v) is 9.25. The van der Waals surface area contributed by atoms with Crippen molar-refractivity contribution in [3.05, 3.63) is 83.7 Å². The first-order chi connectivity index (χ1) is 20.5. The van der Waals surface area contributed by atoms with Crippen molar-refractivity contribution in [3.63, 3.8) is 0 Å². The average Bonchev–Trinajstić information content (AvgIpc) is 3.00. The minimum atomic E-state index is -4.36. The molecule has 0 saturated carbocycles. The topological polar surface area (TPSA) is 105 Å². The number of nitrogens with zero attached hydrogens (tertiary/aromatic N) is 2. The molecule has 0 fully saturated rings. The zero-order valence-electron chi connectivity index (χ0n) is 24.9. The number of ether oxygens (including phenoxy) is 2. The number of carbonyl (C=O) groups excluding carboxylic acids is 2. The number of aryl methyl sites for hydroxylation is 1. The molecule has 9 nitrogen and oxygen atoms in total. The molecular weight excluding hydrogens is 573 g/mol. The van der Waals surface area contributed by atoms with Gasteiger partial charge in [0, 0.05) is 18.7 Å². The molecule has 3 aromatic carbocycles. The van der Waals surface area contributed by atoms with Crippen molar-refractivity contribution >= 4 is 27.5 Å². The highest BCUT2D eigenvalue weighted by Crippen LogP contribution is 2.34. The molecule has 1 N–H and O–H groups in total. The van der Waals surface area contributed by atoms with Gasteiger partial charge in [0.05, 0.1) is 10.6 Å². The number of halogens is 1. The second kappa shape index (κ2) is 13.9. The van der Waals surface area contributed by atoms with E-state index in [0.29, 0.717) is 25.2 Å². The summed E-state index contributed by atoms with van der Waals surface area (Å²) in [6, 6.07) is 15.7. The average molecular weight is 612 g/mol. The number of benzene rings is 3. The minimum absolute atomic E-state index is 0.0950. The third kappa shape index (κ3) is 7.45. The van der Waals surface area contributed by atoms with Gasteiger partial charge in [0.1, 0.15) is 31.6 Å². The van der Waals surface area contributed by atoms with E-state index >= 15 is 0 Å². The zero-order valence-corrected chi connectivity index (χ0v) is 25.7. The maximum Gasteiger partial charge on any atom is 0.264 e. The van der Waals surface area contributed by atoms with E-state index in [2.05, 4.69) is 5.32 Å². The van der Waals surface area contributed by atoms with Gasteiger partial charge < -0.3 is 19.7 Å². The Balaban J connectivity index is 1.75. The van der Waals surface area contributed by atoms with Crippen LogP contribution in [0.15, 0.2) is 71.6 Å². The minimum Gasteiger partial charge on any atom is -0.486 e. The van der Waals surface area contributed by atoms with Gasteiger partial charge >= 0.3 is 0 Å². The van der Waals surface area contributed by atoms with Crippen LogP contribution in [0, 0.1) is 12.7 Å². The first-order valence-electron chi connectivity index (χ1n) is 14.4. The maximum absolute atomic E-state index is 14.2. The second-order valence-corrected chi connectivity index (χ2v) is 12.3. The Labute approximate surface area is 252 Å². The fourth-order valence-electron chi connectivity index (χ4n) is 4.78. The van der Waals surface area contributed by atoms with Crippen LogP contribution in [0.2, 0.25) is 0 Å². The number of hydrogen-bond donors (Lipinski definition) is 1. The molecule has 11 heteroatoms. The molecule has 0 spiro atoms. The summed E-state index contributed by atoms with van der Waals surface area (Å²) in [6.07, 6.45) is 1.02. The van der Waals surface area contributed by atoms with E-state index in [0.717, 1.165) is 27.6 Å². The Kier molecular flexibility index (Phi) is 10.3. The van der Waals surface area contributed by atoms with Crippen molar-refractivity contribution in [2.24, 2.45) is 0 Å². The van der Waals surface area contributed by atoms with Gasteiger partial charge in [-0.05, 0) is 74.2 Å². The van der Waals surface area contributed by atoms with Gasteiger partial charge in [0.25, 0.3) is 10.0 Å². The number of rotatable bonds is 12. The summed E-state index contributed by atoms with van der Waals surface area (Å²) in [5, 5.41) is 2.96. The molecule has 0 aromatic heterocycles. The van der Waals surface area contributed by atoms with Crippen molar-refractivity contribution in [2.45, 2.75) is 64.1 Å². The molecule has 0 radical (unpaired) electrons. The van der Waals surface area contributed by atoms with Gasteiger partial charge in [-0.1, -0.05) is 38.1 Å². The van der Waals surface area contributed by atoms with Gasteiger partial charge in [-0.25, -0.2) is 12.8 Å². The summed E-state index contributed by atoms with van der Waals surface area (Å²) in [5.74, 6) is -0.772. The highest BCUT2D eigenvalue weighted by atomic mass is 32.2. The van der Waals surface area contributed by atoms with E-state index in [-0.39, 0.29) is 41.4 Å². The molecule has 2 atom stereocenters. The Morgan fingerprint density at radius 2 is 1.63 bits per heavy atom. The SMILES string of the molecule is CC[C@H](C(=O)N[C@@H](C)CC)N(Cc1ccccc1C)C(=O)CN(c1ccc(F)cc1)S(=O)(=O)c1ccc2c(c1)OCCO2. The summed E-state index contributed by atoms with van der Waals surface area (Å²) in [7, 11) is -4.36. The van der Waals surface area contributed by atoms with E-state index in [1.165, 1.54) is 35.2 Å². The van der Waals surface area contributed by atoms with Crippen molar-refractivity contribution in [2.75, 3.05) is 24.1 Å². The molecule has 0 unspecified atom stereocenters. The van der Waals surface area contributed by atoms with E-state index in [9.17, 15) is 22.4 Å². The molecule has 0 aliphatic carbocycles. The quantitative estimate of drug-likeness (QED) is 0.315. The Bertz CT molecular complexity index is 1550. The number of hydrogen-bond acceptors (Lipinski definition) is 6. The van der Waals surface area contributed by atoms with Crippen LogP contribution in [-0.2, 0) is 26.2 Å². The molecule has 230 valence electrons. The normalized spacial score (nSPS) is 14.0. The van der Waals surface area contributed by atoms with Gasteiger partial charge in [-0.15, -0.1) is 0 Å². The van der Waals surface area contributed by atoms with E-state index in [1.807, 2.05) is 52.0 Å². The van der Waals surface area contributed by atoms with E-state index in [4.69, 9.17) is 9.47 Å². The van der Waals surface area contributed by atoms with Crippen LogP contribution >= 0.6 is 0 Å². The highest BCUT2D eigenvalue weighted by Gasteiger charge is 2.34. The van der Waals surface area contributed by atoms with Crippen LogP contribution < -0.4 is 19.1 Å². The molecule has 1 aliphatic rings. The lowest BCUT2D eigenvalue weighted by atomic mass is 10.1. The number of fused-ring (bicyclic) bond motifs is 1. The molecular formula is C32H38FN3O6S. The first-order valence-corrected chi connectivity index (χ1v) is 15.8. The predicted molar refractivity (Wildman–Crippen MR) is 162 cm³/mol. The summed E-state index contributed by atoms with van der Waals surface area (Å²) in [4.78, 5) is 28.9. The second-order valence-electron chi connectivity index (χ2n) is 10.5. The lowest BCUT2D eigenvalue weighted by Gasteiger charge is -2.34. The van der Waals surface area contributed by atoms with Crippen molar-refractivity contribution < 1.29 is 31.9 Å². The lowest BCUT2D eigenvalue weighted by molar-refractivity contribution is -0.140. The first kappa shape index (κ1) is 31.8. The largest absolute Gasteiger partial charge is 0.486 e. The standard InChI is InChI=1S/C32H38FN3O6S/c1-5-23(4)34-32(38)28(6-2)35(20-24-10-8-7-9-22(24)3)31(37)21-36(26-13-11-25(33)12-14-26)43(39,40)27-15-16-29-30(19-27)42-18-17-41-29/h7-16,19,23,28H,5-6,17-18,20-21H2,1-4H3,(H,34,38)/t23-,28+/m0/s1. The molecule has 2 amide bonds. The van der Waals surface area contributed by atoms with Crippen molar-refractivity contribution in [1.29, 1.82) is 0 Å². The number of amides is 2. The van der Waals surface area contributed by atoms with E-state index in [1.54, 1.807) is 0 Å². The molecule has 1 aliphatic heterocycles. The van der Waals surface area contributed by atoms with Crippen LogP contribution in [0.25, 0.3) is 0 Å². The number of carbonyl (C=O) groups is 2. The highest BCUT2D eigenvalue weighted by molar-refractivity contribution is 7.92. The van der Waals surface area contributed by atoms with Gasteiger partial charge in [0.15, 0.2) is 11.5 Å². The number of nitrogens with one attached hydrogen (secondary N) is 1. The smallest absolute Gasteiger partial charge is 0.264 e. The third-order valence-electron chi connectivity index (χ3n) is 7.48. The Morgan fingerprint density at radius 1 is 0.953 bits per heavy atom. The number of anilines is 1. The number of sulfonamides is 1.